The number of para-hydroxylation sites is 1. The Morgan fingerprint density at radius 2 is 1.57 bits per heavy atom. The molecule has 0 spiro atoms. The fourth-order valence-corrected chi connectivity index (χ4v) is 3.71. The number of aromatic nitrogens is 1. The first-order valence-electron chi connectivity index (χ1n) is 6.59. The number of fused-ring (bicyclic) bond motifs is 1. The van der Waals surface area contributed by atoms with Gasteiger partial charge in [0, 0.05) is 27.5 Å². The van der Waals surface area contributed by atoms with Crippen LogP contribution >= 0.6 is 35.0 Å². The Balaban J connectivity index is 1.73. The molecule has 3 aromatic rings. The van der Waals surface area contributed by atoms with E-state index in [1.807, 2.05) is 36.4 Å². The van der Waals surface area contributed by atoms with E-state index in [2.05, 4.69) is 23.2 Å². The van der Waals surface area contributed by atoms with Crippen LogP contribution in [-0.4, -0.2) is 4.98 Å². The average Bonchev–Trinajstić information content (AvgIpc) is 2.49. The van der Waals surface area contributed by atoms with Crippen LogP contribution in [-0.2, 0) is 11.5 Å². The van der Waals surface area contributed by atoms with Crippen molar-refractivity contribution in [3.8, 4) is 0 Å². The fraction of sp³-hybridized carbons (Fsp3) is 0.118. The molecule has 0 aliphatic rings. The van der Waals surface area contributed by atoms with Crippen molar-refractivity contribution in [2.45, 2.75) is 11.5 Å². The van der Waals surface area contributed by atoms with Crippen molar-refractivity contribution in [2.75, 3.05) is 0 Å². The van der Waals surface area contributed by atoms with Crippen molar-refractivity contribution in [3.63, 3.8) is 0 Å². The summed E-state index contributed by atoms with van der Waals surface area (Å²) in [6, 6.07) is 18.0. The Morgan fingerprint density at radius 1 is 0.857 bits per heavy atom. The van der Waals surface area contributed by atoms with Gasteiger partial charge in [-0.15, -0.1) is 0 Å². The first-order valence-corrected chi connectivity index (χ1v) is 8.50. The zero-order chi connectivity index (χ0) is 14.7. The van der Waals surface area contributed by atoms with E-state index in [9.17, 15) is 0 Å². The van der Waals surface area contributed by atoms with Crippen molar-refractivity contribution in [2.24, 2.45) is 0 Å². The van der Waals surface area contributed by atoms with E-state index < -0.39 is 0 Å². The minimum absolute atomic E-state index is 0.584. The maximum atomic E-state index is 6.27. The number of halogens is 2. The van der Waals surface area contributed by atoms with Crippen LogP contribution in [0.2, 0.25) is 10.2 Å². The predicted molar refractivity (Wildman–Crippen MR) is 93.2 cm³/mol. The highest BCUT2D eigenvalue weighted by atomic mass is 35.5. The van der Waals surface area contributed by atoms with Gasteiger partial charge in [0.1, 0.15) is 5.15 Å². The summed E-state index contributed by atoms with van der Waals surface area (Å²) in [6.07, 6.45) is 0. The molecule has 1 heterocycles. The minimum Gasteiger partial charge on any atom is -0.236 e. The van der Waals surface area contributed by atoms with Crippen molar-refractivity contribution in [1.82, 2.24) is 4.98 Å². The van der Waals surface area contributed by atoms with Gasteiger partial charge < -0.3 is 0 Å². The molecule has 0 saturated heterocycles. The van der Waals surface area contributed by atoms with E-state index in [1.54, 1.807) is 11.8 Å². The van der Waals surface area contributed by atoms with Crippen molar-refractivity contribution in [1.29, 1.82) is 0 Å². The highest BCUT2D eigenvalue weighted by Crippen LogP contribution is 2.27. The Hall–Kier alpha value is -1.22. The van der Waals surface area contributed by atoms with Crippen LogP contribution in [0.1, 0.15) is 11.1 Å². The van der Waals surface area contributed by atoms with Gasteiger partial charge in [-0.3, -0.25) is 0 Å². The van der Waals surface area contributed by atoms with E-state index >= 15 is 0 Å². The summed E-state index contributed by atoms with van der Waals surface area (Å²) in [7, 11) is 0. The SMILES string of the molecule is Clc1ccccc1CSCc1cc2ccccc2nc1Cl. The lowest BCUT2D eigenvalue weighted by Crippen LogP contribution is -1.90. The number of hydrogen-bond acceptors (Lipinski definition) is 2. The highest BCUT2D eigenvalue weighted by Gasteiger charge is 2.06. The summed E-state index contributed by atoms with van der Waals surface area (Å²) in [5.41, 5.74) is 3.14. The molecule has 2 aromatic carbocycles. The summed E-state index contributed by atoms with van der Waals surface area (Å²) in [4.78, 5) is 4.44. The zero-order valence-corrected chi connectivity index (χ0v) is 13.6. The van der Waals surface area contributed by atoms with Crippen LogP contribution in [0.5, 0.6) is 0 Å². The summed E-state index contributed by atoms with van der Waals surface area (Å²) in [5.74, 6) is 1.69. The van der Waals surface area contributed by atoms with Crippen molar-refractivity contribution in [3.05, 3.63) is 75.9 Å². The average molecular weight is 334 g/mol. The Labute approximate surface area is 138 Å². The largest absolute Gasteiger partial charge is 0.236 e. The molecular formula is C17H13Cl2NS. The molecule has 0 bridgehead atoms. The molecule has 0 aliphatic heterocycles. The molecule has 106 valence electrons. The second-order valence-electron chi connectivity index (χ2n) is 4.72. The molecule has 0 atom stereocenters. The standard InChI is InChI=1S/C17H13Cl2NS/c18-15-7-3-1-6-13(15)10-21-11-14-9-12-5-2-4-8-16(12)20-17(14)19/h1-9H,10-11H2. The van der Waals surface area contributed by atoms with E-state index in [-0.39, 0.29) is 0 Å². The molecule has 0 saturated carbocycles. The molecular weight excluding hydrogens is 321 g/mol. The number of thioether (sulfide) groups is 1. The maximum Gasteiger partial charge on any atom is 0.133 e. The molecule has 1 nitrogen and oxygen atoms in total. The topological polar surface area (TPSA) is 12.9 Å². The zero-order valence-electron chi connectivity index (χ0n) is 11.2. The molecule has 21 heavy (non-hydrogen) atoms. The second-order valence-corrected chi connectivity index (χ2v) is 6.47. The van der Waals surface area contributed by atoms with Crippen molar-refractivity contribution < 1.29 is 0 Å². The van der Waals surface area contributed by atoms with Gasteiger partial charge in [-0.1, -0.05) is 59.6 Å². The van der Waals surface area contributed by atoms with E-state index in [1.165, 1.54) is 0 Å². The van der Waals surface area contributed by atoms with E-state index in [0.29, 0.717) is 5.15 Å². The molecule has 0 unspecified atom stereocenters. The predicted octanol–water partition coefficient (Wildman–Crippen LogP) is 5.98. The van der Waals surface area contributed by atoms with Crippen LogP contribution in [0, 0.1) is 0 Å². The van der Waals surface area contributed by atoms with Crippen molar-refractivity contribution >= 4 is 45.9 Å². The molecule has 0 amide bonds. The normalized spacial score (nSPS) is 11.0. The first kappa shape index (κ1) is 14.7. The molecule has 0 radical (unpaired) electrons. The van der Waals surface area contributed by atoms with Gasteiger partial charge in [-0.2, -0.15) is 11.8 Å². The number of hydrogen-bond donors (Lipinski definition) is 0. The van der Waals surface area contributed by atoms with Gasteiger partial charge in [0.15, 0.2) is 0 Å². The van der Waals surface area contributed by atoms with E-state index in [0.717, 1.165) is 38.6 Å². The molecule has 4 heteroatoms. The first-order chi connectivity index (χ1) is 10.2. The molecule has 0 fully saturated rings. The maximum absolute atomic E-state index is 6.27. The van der Waals surface area contributed by atoms with Gasteiger partial charge in [0.25, 0.3) is 0 Å². The lowest BCUT2D eigenvalue weighted by Gasteiger charge is -2.07. The van der Waals surface area contributed by atoms with Crippen LogP contribution in [0.3, 0.4) is 0 Å². The lowest BCUT2D eigenvalue weighted by atomic mass is 10.2. The highest BCUT2D eigenvalue weighted by molar-refractivity contribution is 7.97. The van der Waals surface area contributed by atoms with Crippen LogP contribution in [0.15, 0.2) is 54.6 Å². The monoisotopic (exact) mass is 333 g/mol. The lowest BCUT2D eigenvalue weighted by molar-refractivity contribution is 1.30. The Kier molecular flexibility index (Phi) is 4.69. The fourth-order valence-electron chi connectivity index (χ4n) is 2.12. The number of rotatable bonds is 4. The number of pyridine rings is 1. The van der Waals surface area contributed by atoms with E-state index in [4.69, 9.17) is 23.2 Å². The number of nitrogens with zero attached hydrogens (tertiary/aromatic N) is 1. The summed E-state index contributed by atoms with van der Waals surface area (Å²) < 4.78 is 0. The Bertz CT molecular complexity index is 774. The minimum atomic E-state index is 0.584. The van der Waals surface area contributed by atoms with Gasteiger partial charge >= 0.3 is 0 Å². The molecule has 3 rings (SSSR count). The van der Waals surface area contributed by atoms with Crippen LogP contribution in [0.25, 0.3) is 10.9 Å². The van der Waals surface area contributed by atoms with Gasteiger partial charge in [0.05, 0.1) is 5.52 Å². The quantitative estimate of drug-likeness (QED) is 0.545. The summed E-state index contributed by atoms with van der Waals surface area (Å²) in [5, 5.41) is 2.52. The molecule has 1 aromatic heterocycles. The Morgan fingerprint density at radius 3 is 2.43 bits per heavy atom. The van der Waals surface area contributed by atoms with Crippen LogP contribution < -0.4 is 0 Å². The number of benzene rings is 2. The smallest absolute Gasteiger partial charge is 0.133 e. The summed E-state index contributed by atoms with van der Waals surface area (Å²) >= 11 is 14.2. The molecule has 0 aliphatic carbocycles. The van der Waals surface area contributed by atoms with Gasteiger partial charge in [-0.25, -0.2) is 4.98 Å². The second kappa shape index (κ2) is 6.69. The summed E-state index contributed by atoms with van der Waals surface area (Å²) in [6.45, 7) is 0. The third kappa shape index (κ3) is 3.52. The van der Waals surface area contributed by atoms with Crippen LogP contribution in [0.4, 0.5) is 0 Å². The molecule has 0 N–H and O–H groups in total. The third-order valence-corrected chi connectivity index (χ3v) is 4.95. The van der Waals surface area contributed by atoms with Gasteiger partial charge in [-0.05, 0) is 23.8 Å². The third-order valence-electron chi connectivity index (χ3n) is 3.22. The van der Waals surface area contributed by atoms with Gasteiger partial charge in [0.2, 0.25) is 0 Å².